The Hall–Kier alpha value is -2.59. The van der Waals surface area contributed by atoms with Gasteiger partial charge in [-0.25, -0.2) is 4.98 Å². The first-order chi connectivity index (χ1) is 11.3. The van der Waals surface area contributed by atoms with E-state index in [-0.39, 0.29) is 0 Å². The summed E-state index contributed by atoms with van der Waals surface area (Å²) in [6.07, 6.45) is 0. The van der Waals surface area contributed by atoms with Crippen molar-refractivity contribution in [2.45, 2.75) is 0 Å². The van der Waals surface area contributed by atoms with Crippen LogP contribution >= 0.6 is 15.9 Å². The maximum atomic E-state index is 4.89. The fraction of sp³-hybridized carbons (Fsp3) is 0. The van der Waals surface area contributed by atoms with Gasteiger partial charge in [0.2, 0.25) is 5.78 Å². The number of halogens is 1. The van der Waals surface area contributed by atoms with Gasteiger partial charge in [0, 0.05) is 10.2 Å². The van der Waals surface area contributed by atoms with E-state index in [0.717, 1.165) is 38.0 Å². The summed E-state index contributed by atoms with van der Waals surface area (Å²) in [4.78, 5) is 4.89. The topological polar surface area (TPSA) is 22.2 Å². The molecule has 0 fully saturated rings. The third-order valence-corrected chi connectivity index (χ3v) is 4.83. The third kappa shape index (κ3) is 1.72. The van der Waals surface area contributed by atoms with E-state index >= 15 is 0 Å². The zero-order valence-corrected chi connectivity index (χ0v) is 13.7. The summed E-state index contributed by atoms with van der Waals surface area (Å²) < 4.78 is 5.49. The van der Waals surface area contributed by atoms with Crippen molar-refractivity contribution in [2.24, 2.45) is 0 Å². The minimum Gasteiger partial charge on any atom is -0.278 e. The molecule has 3 aromatic carbocycles. The Morgan fingerprint density at radius 2 is 1.48 bits per heavy atom. The molecule has 3 nitrogen and oxygen atoms in total. The molecular formula is C19H12BrN3. The van der Waals surface area contributed by atoms with Crippen LogP contribution in [0, 0.1) is 0 Å². The van der Waals surface area contributed by atoms with Crippen LogP contribution in [0.5, 0.6) is 0 Å². The van der Waals surface area contributed by atoms with E-state index in [2.05, 4.69) is 85.6 Å². The molecular weight excluding hydrogens is 350 g/mol. The lowest BCUT2D eigenvalue weighted by Crippen LogP contribution is -1.94. The maximum Gasteiger partial charge on any atom is 0.220 e. The number of benzene rings is 3. The van der Waals surface area contributed by atoms with Crippen molar-refractivity contribution in [1.29, 1.82) is 0 Å². The molecule has 0 spiro atoms. The maximum absolute atomic E-state index is 4.89. The number of fused-ring (bicyclic) bond motifs is 5. The molecule has 2 heterocycles. The van der Waals surface area contributed by atoms with Gasteiger partial charge in [0.25, 0.3) is 0 Å². The van der Waals surface area contributed by atoms with E-state index < -0.39 is 0 Å². The summed E-state index contributed by atoms with van der Waals surface area (Å²) in [5.74, 6) is 0.930. The Bertz CT molecular complexity index is 1170. The van der Waals surface area contributed by atoms with Gasteiger partial charge in [-0.15, -0.1) is 0 Å². The SMILES string of the molecule is Brc1cccc2nc3n(-c4ccccc4)c4ccccc4n3c12. The van der Waals surface area contributed by atoms with Gasteiger partial charge in [-0.2, -0.15) is 0 Å². The highest BCUT2D eigenvalue weighted by atomic mass is 79.9. The second-order valence-electron chi connectivity index (χ2n) is 5.51. The van der Waals surface area contributed by atoms with Crippen molar-refractivity contribution in [3.8, 4) is 5.69 Å². The molecule has 0 N–H and O–H groups in total. The first kappa shape index (κ1) is 12.9. The molecule has 23 heavy (non-hydrogen) atoms. The van der Waals surface area contributed by atoms with E-state index in [9.17, 15) is 0 Å². The lowest BCUT2D eigenvalue weighted by Gasteiger charge is -2.04. The van der Waals surface area contributed by atoms with Crippen molar-refractivity contribution in [1.82, 2.24) is 14.0 Å². The Morgan fingerprint density at radius 3 is 2.30 bits per heavy atom. The predicted octanol–water partition coefficient (Wildman–Crippen LogP) is 5.19. The van der Waals surface area contributed by atoms with Gasteiger partial charge in [-0.1, -0.05) is 36.4 Å². The number of hydrogen-bond acceptors (Lipinski definition) is 1. The van der Waals surface area contributed by atoms with Crippen molar-refractivity contribution in [3.05, 3.63) is 77.3 Å². The molecule has 2 aromatic heterocycles. The molecule has 0 aliphatic heterocycles. The van der Waals surface area contributed by atoms with E-state index in [4.69, 9.17) is 4.98 Å². The average molecular weight is 362 g/mol. The van der Waals surface area contributed by atoms with Crippen molar-refractivity contribution in [3.63, 3.8) is 0 Å². The van der Waals surface area contributed by atoms with Crippen LogP contribution in [0.3, 0.4) is 0 Å². The highest BCUT2D eigenvalue weighted by Gasteiger charge is 2.17. The number of nitrogens with zero attached hydrogens (tertiary/aromatic N) is 3. The van der Waals surface area contributed by atoms with Gasteiger partial charge in [-0.3, -0.25) is 8.97 Å². The first-order valence-electron chi connectivity index (χ1n) is 7.46. The molecule has 0 saturated heterocycles. The highest BCUT2D eigenvalue weighted by Crippen LogP contribution is 2.32. The number of rotatable bonds is 1. The Balaban J connectivity index is 2.08. The van der Waals surface area contributed by atoms with Crippen molar-refractivity contribution in [2.75, 3.05) is 0 Å². The second kappa shape index (κ2) is 4.70. The molecule has 0 unspecified atom stereocenters. The smallest absolute Gasteiger partial charge is 0.220 e. The Kier molecular flexibility index (Phi) is 2.64. The summed E-state index contributed by atoms with van der Waals surface area (Å²) in [5.41, 5.74) is 5.52. The quantitative estimate of drug-likeness (QED) is 0.402. The molecule has 0 aliphatic carbocycles. The van der Waals surface area contributed by atoms with Crippen molar-refractivity contribution >= 4 is 43.8 Å². The van der Waals surface area contributed by atoms with Crippen LogP contribution in [0.2, 0.25) is 0 Å². The van der Waals surface area contributed by atoms with E-state index in [1.54, 1.807) is 0 Å². The lowest BCUT2D eigenvalue weighted by atomic mass is 10.2. The standard InChI is InChI=1S/C19H12BrN3/c20-14-9-6-10-15-18(14)23-17-12-5-4-11-16(17)22(19(23)21-15)13-7-2-1-3-8-13/h1-12H. The number of hydrogen-bond donors (Lipinski definition) is 0. The van der Waals surface area contributed by atoms with Gasteiger partial charge in [0.1, 0.15) is 0 Å². The summed E-state index contributed by atoms with van der Waals surface area (Å²) in [7, 11) is 0. The minimum absolute atomic E-state index is 0.930. The van der Waals surface area contributed by atoms with E-state index in [1.165, 1.54) is 0 Å². The van der Waals surface area contributed by atoms with Crippen LogP contribution in [-0.4, -0.2) is 14.0 Å². The first-order valence-corrected chi connectivity index (χ1v) is 8.25. The summed E-state index contributed by atoms with van der Waals surface area (Å²) in [6, 6.07) is 24.9. The average Bonchev–Trinajstić information content (AvgIpc) is 3.10. The lowest BCUT2D eigenvalue weighted by molar-refractivity contribution is 1.11. The molecule has 5 rings (SSSR count). The van der Waals surface area contributed by atoms with E-state index in [1.807, 2.05) is 12.1 Å². The largest absolute Gasteiger partial charge is 0.278 e. The monoisotopic (exact) mass is 361 g/mol. The molecule has 0 saturated carbocycles. The summed E-state index contributed by atoms with van der Waals surface area (Å²) in [5, 5.41) is 0. The molecule has 110 valence electrons. The number of para-hydroxylation sites is 4. The molecule has 0 radical (unpaired) electrons. The number of imidazole rings is 2. The summed E-state index contributed by atoms with van der Waals surface area (Å²) >= 11 is 3.68. The van der Waals surface area contributed by atoms with Gasteiger partial charge >= 0.3 is 0 Å². The zero-order valence-electron chi connectivity index (χ0n) is 12.1. The van der Waals surface area contributed by atoms with Crippen LogP contribution in [0.15, 0.2) is 77.3 Å². The molecule has 0 bridgehead atoms. The van der Waals surface area contributed by atoms with Gasteiger partial charge in [0.15, 0.2) is 0 Å². The van der Waals surface area contributed by atoms with Crippen LogP contribution < -0.4 is 0 Å². The van der Waals surface area contributed by atoms with Crippen molar-refractivity contribution < 1.29 is 0 Å². The third-order valence-electron chi connectivity index (χ3n) is 4.19. The van der Waals surface area contributed by atoms with Gasteiger partial charge < -0.3 is 0 Å². The highest BCUT2D eigenvalue weighted by molar-refractivity contribution is 9.10. The van der Waals surface area contributed by atoms with E-state index in [0.29, 0.717) is 0 Å². The van der Waals surface area contributed by atoms with Crippen LogP contribution in [0.1, 0.15) is 0 Å². The molecule has 0 aliphatic rings. The molecule has 0 amide bonds. The summed E-state index contributed by atoms with van der Waals surface area (Å²) in [6.45, 7) is 0. The Labute approximate surface area is 140 Å². The van der Waals surface area contributed by atoms with Crippen LogP contribution in [0.4, 0.5) is 0 Å². The molecule has 4 heteroatoms. The van der Waals surface area contributed by atoms with Gasteiger partial charge in [-0.05, 0) is 52.3 Å². The molecule has 0 atom stereocenters. The fourth-order valence-electron chi connectivity index (χ4n) is 3.23. The Morgan fingerprint density at radius 1 is 0.739 bits per heavy atom. The van der Waals surface area contributed by atoms with Gasteiger partial charge in [0.05, 0.1) is 22.1 Å². The minimum atomic E-state index is 0.930. The zero-order chi connectivity index (χ0) is 15.4. The second-order valence-corrected chi connectivity index (χ2v) is 6.37. The van der Waals surface area contributed by atoms with Crippen LogP contribution in [0.25, 0.3) is 33.5 Å². The number of aromatic nitrogens is 3. The normalized spacial score (nSPS) is 11.7. The predicted molar refractivity (Wildman–Crippen MR) is 97.2 cm³/mol. The fourth-order valence-corrected chi connectivity index (χ4v) is 3.77. The molecule has 5 aromatic rings. The van der Waals surface area contributed by atoms with Crippen LogP contribution in [-0.2, 0) is 0 Å².